The fraction of sp³-hybridized carbons (Fsp3) is 0.164. The van der Waals surface area contributed by atoms with Gasteiger partial charge in [-0.1, -0.05) is 111 Å². The van der Waals surface area contributed by atoms with Crippen LogP contribution < -0.4 is 70.6 Å². The van der Waals surface area contributed by atoms with Gasteiger partial charge in [0.25, 0.3) is 0 Å². The minimum Gasteiger partial charge on any atom is -0.870 e. The van der Waals surface area contributed by atoms with E-state index in [4.69, 9.17) is 23.8 Å². The van der Waals surface area contributed by atoms with E-state index in [-0.39, 0.29) is 90.7 Å². The molecule has 12 nitrogen and oxygen atoms in total. The molecule has 8 aliphatic rings. The first-order valence-electron chi connectivity index (χ1n) is 26.6. The number of carbonyl (C=O) groups is 3. The quantitative estimate of drug-likeness (QED) is 0.0598. The number of halogens is 7. The number of hydrogen-bond donors (Lipinski definition) is 5. The molecule has 14 rings (SSSR count). The van der Waals surface area contributed by atoms with Crippen molar-refractivity contribution in [2.75, 3.05) is 13.1 Å². The molecule has 4 aliphatic carbocycles. The Hall–Kier alpha value is -4.03. The maximum atomic E-state index is 11.4. The predicted molar refractivity (Wildman–Crippen MR) is 396 cm³/mol. The van der Waals surface area contributed by atoms with Gasteiger partial charge in [-0.2, -0.15) is 0 Å². The number of pyridine rings is 2. The Labute approximate surface area is 607 Å². The molecule has 0 saturated carbocycles. The summed E-state index contributed by atoms with van der Waals surface area (Å²) in [6.45, 7) is 11.0. The zero-order valence-corrected chi connectivity index (χ0v) is 62.7. The summed E-state index contributed by atoms with van der Waals surface area (Å²) in [5.74, 6) is -0.194. The largest absolute Gasteiger partial charge is 1.00 e. The summed E-state index contributed by atoms with van der Waals surface area (Å²) in [6.07, 6.45) is 13.3. The molecular weight excluding hydrogens is 1800 g/mol. The minimum absolute atomic E-state index is 0. The monoisotopic (exact) mass is 1860 g/mol. The Kier molecular flexibility index (Phi) is 31.8. The van der Waals surface area contributed by atoms with Gasteiger partial charge in [0, 0.05) is 138 Å². The third-order valence-corrected chi connectivity index (χ3v) is 15.2. The average Bonchev–Trinajstić information content (AvgIpc) is 2.47. The molecule has 3 amide bonds. The Morgan fingerprint density at radius 1 is 0.563 bits per heavy atom. The Balaban J connectivity index is 0.000000240. The van der Waals surface area contributed by atoms with Crippen molar-refractivity contribution in [3.63, 3.8) is 0 Å². The third kappa shape index (κ3) is 18.6. The van der Waals surface area contributed by atoms with Gasteiger partial charge in [0.1, 0.15) is 0 Å². The van der Waals surface area contributed by atoms with Crippen molar-refractivity contribution in [3.05, 3.63) is 255 Å². The maximum absolute atomic E-state index is 11.4. The van der Waals surface area contributed by atoms with E-state index in [0.717, 1.165) is 66.4 Å². The van der Waals surface area contributed by atoms with Crippen LogP contribution in [-0.2, 0) is 13.1 Å². The Morgan fingerprint density at radius 2 is 0.954 bits per heavy atom. The smallest absolute Gasteiger partial charge is 0.870 e. The van der Waals surface area contributed by atoms with Crippen LogP contribution in [0.4, 0.5) is 5.69 Å². The van der Waals surface area contributed by atoms with Crippen LogP contribution in [0.5, 0.6) is 0 Å². The predicted octanol–water partition coefficient (Wildman–Crippen LogP) is 11.5. The molecule has 0 bridgehead atoms. The zero-order chi connectivity index (χ0) is 57.7. The van der Waals surface area contributed by atoms with Crippen molar-refractivity contribution in [1.82, 2.24) is 19.8 Å². The number of nitrogens with one attached hydrogen (secondary N) is 2. The van der Waals surface area contributed by atoms with E-state index < -0.39 is 5.91 Å². The molecular formula is C67H65ClI6N8NaO4-. The van der Waals surface area contributed by atoms with Gasteiger partial charge in [-0.15, -0.1) is 36.4 Å². The van der Waals surface area contributed by atoms with Gasteiger partial charge in [-0.3, -0.25) is 14.4 Å². The summed E-state index contributed by atoms with van der Waals surface area (Å²) in [6, 6.07) is 56.6. The number of carbonyl (C=O) groups excluding carboxylic acids is 3. The van der Waals surface area contributed by atoms with E-state index in [9.17, 15) is 14.4 Å². The number of fused-ring (bicyclic) bond motifs is 12. The average molecular weight is 1870 g/mol. The van der Waals surface area contributed by atoms with Crippen molar-refractivity contribution in [2.45, 2.75) is 58.0 Å². The number of amides is 3. The second-order valence-corrected chi connectivity index (χ2v) is 36.3. The molecule has 4 aliphatic heterocycles. The zero-order valence-electron chi connectivity index (χ0n) is 46.7. The van der Waals surface area contributed by atoms with Gasteiger partial charge in [0.05, 0.1) is 6.57 Å². The maximum Gasteiger partial charge on any atom is 1.00 e. The number of aromatic nitrogens is 2. The number of hydrogen-bond acceptors (Lipinski definition) is 6. The Bertz CT molecular complexity index is 3880. The molecule has 6 aromatic carbocycles. The van der Waals surface area contributed by atoms with Gasteiger partial charge in [-0.25, -0.2) is 4.85 Å². The molecule has 6 aromatic rings. The molecule has 4 heterocycles. The Morgan fingerprint density at radius 3 is 1.37 bits per heavy atom. The van der Waals surface area contributed by atoms with Gasteiger partial charge < -0.3 is 42.4 Å². The first-order chi connectivity index (χ1) is 40.0. The summed E-state index contributed by atoms with van der Waals surface area (Å²) in [5, 5.41) is 11.4. The fourth-order valence-corrected chi connectivity index (χ4v) is 11.3. The van der Waals surface area contributed by atoms with Crippen LogP contribution >= 0.6 is 111 Å². The first kappa shape index (κ1) is 75.4. The van der Waals surface area contributed by atoms with Crippen LogP contribution in [0.3, 0.4) is 0 Å². The standard InChI is InChI=1S/C20H16N2O.C20H14N2.2C13H14N2O.CH4.ClH.I3.I2.HI.Na.H2O/c21-20(23)16-9-8-15-12-19-17(18(15)11-16)7-4-10-22(19)13-14-5-2-1-3-6-14;1-21-17-10-9-16-12-20-18(19(16)13-17)8-5-11-22(20)14-15-6-3-2-4-7-15;2*14-13(16)9-4-3-8-7-12-10(11(8)6-9)2-1-5-15-12;;;1-3-2;1-2;;;/h1-12H,13H2,(H2,21,23);2-13H,14H2;2*3-4,6-7,10,15H,1-2,5H2,(H2,14,16);1H4;1H;;;1H;;1H2/q;;;;;;-1;;;+1;/p-1. The minimum atomic E-state index is -0.394. The van der Waals surface area contributed by atoms with Crippen molar-refractivity contribution >= 4 is 168 Å². The molecule has 2 fully saturated rings. The first-order valence-corrected chi connectivity index (χ1v) is 45.4. The van der Waals surface area contributed by atoms with Crippen molar-refractivity contribution in [3.8, 4) is 22.5 Å². The number of nitrogens with zero attached hydrogens (tertiary/aromatic N) is 3. The van der Waals surface area contributed by atoms with Gasteiger partial charge in [0.2, 0.25) is 17.7 Å². The molecule has 2 atom stereocenters. The number of allylic oxidation sites excluding steroid dienone is 2. The van der Waals surface area contributed by atoms with Crippen molar-refractivity contribution in [2.24, 2.45) is 17.2 Å². The fourth-order valence-electron chi connectivity index (χ4n) is 11.3. The van der Waals surface area contributed by atoms with Crippen molar-refractivity contribution in [1.29, 1.82) is 0 Å². The van der Waals surface area contributed by atoms with Gasteiger partial charge in [-0.05, 0) is 159 Å². The molecule has 2 unspecified atom stereocenters. The molecule has 0 radical (unpaired) electrons. The molecule has 20 heteroatoms. The van der Waals surface area contributed by atoms with Crippen LogP contribution in [-0.4, -0.2) is 45.4 Å². The van der Waals surface area contributed by atoms with E-state index >= 15 is 0 Å². The number of piperidine rings is 2. The van der Waals surface area contributed by atoms with Crippen LogP contribution in [0.15, 0.2) is 194 Å². The molecule has 448 valence electrons. The molecule has 9 N–H and O–H groups in total. The van der Waals surface area contributed by atoms with E-state index in [0.29, 0.717) is 47.5 Å². The van der Waals surface area contributed by atoms with Crippen molar-refractivity contribution < 1.29 is 62.7 Å². The van der Waals surface area contributed by atoms with E-state index in [1.165, 1.54) is 74.3 Å². The summed E-state index contributed by atoms with van der Waals surface area (Å²) >= 11 is 9.54. The molecule has 0 spiro atoms. The summed E-state index contributed by atoms with van der Waals surface area (Å²) in [7, 11) is 0. The second kappa shape index (κ2) is 36.7. The normalized spacial score (nSPS) is 14.0. The van der Waals surface area contributed by atoms with E-state index in [2.05, 4.69) is 202 Å². The topological polar surface area (TPSA) is 198 Å². The van der Waals surface area contributed by atoms with Crippen LogP contribution in [0.2, 0.25) is 0 Å². The number of benzene rings is 6. The number of rotatable bonds is 7. The van der Waals surface area contributed by atoms with E-state index in [1.807, 2.05) is 72.8 Å². The molecule has 2 saturated heterocycles. The van der Waals surface area contributed by atoms with Gasteiger partial charge >= 0.3 is 80.0 Å². The summed E-state index contributed by atoms with van der Waals surface area (Å²) in [4.78, 5) is 37.3. The van der Waals surface area contributed by atoms with E-state index in [1.54, 1.807) is 18.2 Å². The van der Waals surface area contributed by atoms with Gasteiger partial charge in [0.15, 0.2) is 5.69 Å². The number of nitrogens with two attached hydrogens (primary N) is 3. The molecule has 0 aromatic heterocycles. The van der Waals surface area contributed by atoms with Crippen LogP contribution in [0.1, 0.15) is 109 Å². The number of primary amides is 3. The van der Waals surface area contributed by atoms with Crippen LogP contribution in [0, 0.1) is 6.57 Å². The molecule has 87 heavy (non-hydrogen) atoms. The summed E-state index contributed by atoms with van der Waals surface area (Å²) < 4.78 is 4.50. The summed E-state index contributed by atoms with van der Waals surface area (Å²) in [5.41, 5.74) is 33.3. The third-order valence-electron chi connectivity index (χ3n) is 15.2. The SMILES string of the molecule is C.Cl.I.II.I[I-]I.NC(=O)c1ccc2c(c1)C1CCCNC1=C2.NC(=O)c1ccc2c(c1)C1CCCNC1=C2.NC(=O)c1ccc2cc3n(Cc4ccccc4)cccc-3c2c1.[C-]#[N+]c1ccc2cc3n(Cc4ccccc4)cccc-3c2c1.[Na+].[OH-]. The second-order valence-electron chi connectivity index (χ2n) is 20.1. The van der Waals surface area contributed by atoms with Crippen LogP contribution in [0.25, 0.3) is 61.1 Å².